The highest BCUT2D eigenvalue weighted by Crippen LogP contribution is 2.74. The topological polar surface area (TPSA) is 69.7 Å². The second-order valence-corrected chi connectivity index (χ2v) is 11.6. The summed E-state index contributed by atoms with van der Waals surface area (Å²) in [5.74, 6) is -0.367. The second-order valence-electron chi connectivity index (χ2n) is 11.6. The Morgan fingerprint density at radius 1 is 1.16 bits per heavy atom. The molecule has 2 bridgehead atoms. The Kier molecular flexibility index (Phi) is 4.57. The number of ether oxygens (including phenoxy) is 2. The normalized spacial score (nSPS) is 47.9. The maximum absolute atomic E-state index is 13.1. The van der Waals surface area contributed by atoms with E-state index in [9.17, 15) is 14.4 Å². The van der Waals surface area contributed by atoms with Crippen LogP contribution >= 0.6 is 0 Å². The van der Waals surface area contributed by atoms with Crippen molar-refractivity contribution in [2.24, 2.45) is 51.8 Å². The van der Waals surface area contributed by atoms with Gasteiger partial charge in [0.1, 0.15) is 0 Å². The highest BCUT2D eigenvalue weighted by Gasteiger charge is 2.73. The number of esters is 3. The lowest BCUT2D eigenvalue weighted by Crippen LogP contribution is -2.65. The van der Waals surface area contributed by atoms with E-state index in [2.05, 4.69) is 33.8 Å². The zero-order chi connectivity index (χ0) is 22.3. The van der Waals surface area contributed by atoms with Crippen LogP contribution < -0.4 is 0 Å². The van der Waals surface area contributed by atoms with Crippen LogP contribution in [0, 0.1) is 51.8 Å². The summed E-state index contributed by atoms with van der Waals surface area (Å²) in [6.07, 6.45) is 8.01. The van der Waals surface area contributed by atoms with Gasteiger partial charge in [-0.2, -0.15) is 0 Å². The van der Waals surface area contributed by atoms with Crippen LogP contribution in [-0.2, 0) is 23.9 Å². The van der Waals surface area contributed by atoms with Crippen molar-refractivity contribution in [2.75, 3.05) is 6.61 Å². The zero-order valence-corrected chi connectivity index (χ0v) is 19.5. The van der Waals surface area contributed by atoms with Crippen molar-refractivity contribution >= 4 is 17.9 Å². The summed E-state index contributed by atoms with van der Waals surface area (Å²) in [6.45, 7) is 11.1. The van der Waals surface area contributed by atoms with E-state index >= 15 is 0 Å². The Hall–Kier alpha value is -1.65. The van der Waals surface area contributed by atoms with Crippen LogP contribution in [0.25, 0.3) is 0 Å². The molecule has 170 valence electrons. The molecule has 3 saturated carbocycles. The third-order valence-electron chi connectivity index (χ3n) is 10.1. The molecule has 6 aliphatic rings. The molecule has 5 nitrogen and oxygen atoms in total. The van der Waals surface area contributed by atoms with Crippen molar-refractivity contribution in [1.82, 2.24) is 0 Å². The zero-order valence-electron chi connectivity index (χ0n) is 19.5. The van der Waals surface area contributed by atoms with Gasteiger partial charge in [0.25, 0.3) is 0 Å². The molecule has 0 radical (unpaired) electrons. The average Bonchev–Trinajstić information content (AvgIpc) is 3.03. The lowest BCUT2D eigenvalue weighted by atomic mass is 9.34. The summed E-state index contributed by atoms with van der Waals surface area (Å²) < 4.78 is 10.8. The van der Waals surface area contributed by atoms with Crippen LogP contribution in [-0.4, -0.2) is 24.5 Å². The summed E-state index contributed by atoms with van der Waals surface area (Å²) in [4.78, 5) is 38.8. The van der Waals surface area contributed by atoms with E-state index in [-0.39, 0.29) is 52.4 Å². The number of carbonyl (C=O) groups excluding carboxylic acids is 3. The predicted octanol–water partition coefficient (Wildman–Crippen LogP) is 4.69. The fourth-order valence-corrected chi connectivity index (χ4v) is 9.04. The number of fused-ring (bicyclic) bond motifs is 1. The minimum atomic E-state index is -0.475. The first kappa shape index (κ1) is 21.2. The average molecular weight is 429 g/mol. The number of rotatable bonds is 3. The third-order valence-corrected chi connectivity index (χ3v) is 10.1. The molecule has 8 atom stereocenters. The van der Waals surface area contributed by atoms with Crippen LogP contribution in [0.15, 0.2) is 11.6 Å². The standard InChI is InChI=1S/C26H36O5/c1-6-30-23(29)25(5)10-7-9-24(4)17(25)8-11-26-13-16(14(2)3)15(12-18(24)26)19-20(26)22(28)31-21(19)27/h13-15,17-20H,6-12H2,1-5H3. The van der Waals surface area contributed by atoms with Gasteiger partial charge in [-0.25, -0.2) is 0 Å². The highest BCUT2D eigenvalue weighted by molar-refractivity contribution is 5.98. The summed E-state index contributed by atoms with van der Waals surface area (Å²) in [5, 5.41) is 0. The van der Waals surface area contributed by atoms with Gasteiger partial charge in [0.15, 0.2) is 0 Å². The molecule has 5 heteroatoms. The van der Waals surface area contributed by atoms with E-state index in [4.69, 9.17) is 9.47 Å². The van der Waals surface area contributed by atoms with Gasteiger partial charge in [0.2, 0.25) is 0 Å². The number of hydrogen-bond acceptors (Lipinski definition) is 5. The van der Waals surface area contributed by atoms with Gasteiger partial charge in [0, 0.05) is 5.41 Å². The van der Waals surface area contributed by atoms with Gasteiger partial charge < -0.3 is 9.47 Å². The number of cyclic esters (lactones) is 2. The molecule has 6 rings (SSSR count). The Labute approximate surface area is 185 Å². The third kappa shape index (κ3) is 2.52. The molecular formula is C26H36O5. The molecule has 1 saturated heterocycles. The molecule has 1 spiro atoms. The van der Waals surface area contributed by atoms with E-state index < -0.39 is 5.41 Å². The maximum Gasteiger partial charge on any atom is 0.318 e. The summed E-state index contributed by atoms with van der Waals surface area (Å²) >= 11 is 0. The Morgan fingerprint density at radius 2 is 1.90 bits per heavy atom. The SMILES string of the molecule is CCOC(=O)C1(C)CCCC2(C)C1CCC13C=C(C(C)C)C(CC21)C1C(=O)OC(=O)C13. The molecule has 0 amide bonds. The molecule has 0 aromatic heterocycles. The van der Waals surface area contributed by atoms with Gasteiger partial charge in [-0.3, -0.25) is 14.4 Å². The van der Waals surface area contributed by atoms with Crippen molar-refractivity contribution < 1.29 is 23.9 Å². The van der Waals surface area contributed by atoms with E-state index in [1.807, 2.05) is 6.92 Å². The molecule has 5 aliphatic carbocycles. The van der Waals surface area contributed by atoms with Crippen LogP contribution in [0.3, 0.4) is 0 Å². The maximum atomic E-state index is 13.1. The molecule has 1 heterocycles. The van der Waals surface area contributed by atoms with E-state index in [1.165, 1.54) is 5.57 Å². The molecule has 1 aliphatic heterocycles. The quantitative estimate of drug-likeness (QED) is 0.370. The summed E-state index contributed by atoms with van der Waals surface area (Å²) in [7, 11) is 0. The van der Waals surface area contributed by atoms with Crippen LogP contribution in [0.5, 0.6) is 0 Å². The first-order valence-corrected chi connectivity index (χ1v) is 12.3. The van der Waals surface area contributed by atoms with Gasteiger partial charge in [-0.1, -0.05) is 38.8 Å². The predicted molar refractivity (Wildman–Crippen MR) is 114 cm³/mol. The molecule has 0 N–H and O–H groups in total. The summed E-state index contributed by atoms with van der Waals surface area (Å²) in [6, 6.07) is 0. The van der Waals surface area contributed by atoms with Gasteiger partial charge in [-0.05, 0) is 75.0 Å². The summed E-state index contributed by atoms with van der Waals surface area (Å²) in [5.41, 5.74) is 0.499. The molecule has 4 fully saturated rings. The highest BCUT2D eigenvalue weighted by atomic mass is 16.6. The Balaban J connectivity index is 1.62. The first-order chi connectivity index (χ1) is 14.6. The monoisotopic (exact) mass is 428 g/mol. The Morgan fingerprint density at radius 3 is 2.58 bits per heavy atom. The number of hydrogen-bond donors (Lipinski definition) is 0. The van der Waals surface area contributed by atoms with Gasteiger partial charge in [0.05, 0.1) is 23.9 Å². The second kappa shape index (κ2) is 6.68. The van der Waals surface area contributed by atoms with Gasteiger partial charge >= 0.3 is 17.9 Å². The van der Waals surface area contributed by atoms with Crippen molar-refractivity contribution in [3.05, 3.63) is 11.6 Å². The fraction of sp³-hybridized carbons (Fsp3) is 0.808. The number of carbonyl (C=O) groups is 3. The van der Waals surface area contributed by atoms with E-state index in [0.29, 0.717) is 18.4 Å². The Bertz CT molecular complexity index is 873. The smallest absolute Gasteiger partial charge is 0.318 e. The largest absolute Gasteiger partial charge is 0.466 e. The van der Waals surface area contributed by atoms with Crippen molar-refractivity contribution in [3.8, 4) is 0 Å². The fourth-order valence-electron chi connectivity index (χ4n) is 9.04. The molecular weight excluding hydrogens is 392 g/mol. The van der Waals surface area contributed by atoms with Crippen LogP contribution in [0.4, 0.5) is 0 Å². The molecule has 31 heavy (non-hydrogen) atoms. The lowest BCUT2D eigenvalue weighted by Gasteiger charge is -2.68. The van der Waals surface area contributed by atoms with Crippen molar-refractivity contribution in [2.45, 2.75) is 73.1 Å². The van der Waals surface area contributed by atoms with E-state index in [1.54, 1.807) is 0 Å². The molecule has 0 aromatic rings. The lowest BCUT2D eigenvalue weighted by molar-refractivity contribution is -0.198. The molecule has 0 aromatic carbocycles. The van der Waals surface area contributed by atoms with Crippen LogP contribution in [0.2, 0.25) is 0 Å². The molecule has 8 unspecified atom stereocenters. The minimum Gasteiger partial charge on any atom is -0.466 e. The first-order valence-electron chi connectivity index (χ1n) is 12.3. The van der Waals surface area contributed by atoms with Crippen molar-refractivity contribution in [1.29, 1.82) is 0 Å². The minimum absolute atomic E-state index is 0.0494. The van der Waals surface area contributed by atoms with Crippen LogP contribution in [0.1, 0.15) is 73.1 Å². The van der Waals surface area contributed by atoms with Crippen molar-refractivity contribution in [3.63, 3.8) is 0 Å². The number of allylic oxidation sites excluding steroid dienone is 2. The van der Waals surface area contributed by atoms with Gasteiger partial charge in [-0.15, -0.1) is 0 Å². The van der Waals surface area contributed by atoms with E-state index in [0.717, 1.165) is 38.5 Å².